The van der Waals surface area contributed by atoms with Gasteiger partial charge in [0.05, 0.1) is 0 Å². The highest BCUT2D eigenvalue weighted by Gasteiger charge is 2.35. The molecule has 3 rings (SSSR count). The van der Waals surface area contributed by atoms with Crippen molar-refractivity contribution in [3.8, 4) is 0 Å². The van der Waals surface area contributed by atoms with E-state index in [9.17, 15) is 13.6 Å². The number of hydrogen-bond donors (Lipinski definition) is 0. The Kier molecular flexibility index (Phi) is 4.90. The normalized spacial score (nSPS) is 31.5. The SMILES string of the molecule is O=CCCC1CCC2CC(c3ccc(F)c(F)c3)CCC2C1. The minimum Gasteiger partial charge on any atom is -0.303 e. The highest BCUT2D eigenvalue weighted by atomic mass is 19.2. The van der Waals surface area contributed by atoms with Crippen molar-refractivity contribution in [3.05, 3.63) is 35.4 Å². The number of benzene rings is 1. The molecule has 4 unspecified atom stereocenters. The van der Waals surface area contributed by atoms with Crippen molar-refractivity contribution in [2.24, 2.45) is 17.8 Å². The van der Waals surface area contributed by atoms with Crippen LogP contribution in [0.2, 0.25) is 0 Å². The molecule has 0 radical (unpaired) electrons. The Balaban J connectivity index is 1.60. The Hall–Kier alpha value is -1.25. The van der Waals surface area contributed by atoms with Gasteiger partial charge in [-0.2, -0.15) is 0 Å². The molecule has 0 spiro atoms. The van der Waals surface area contributed by atoms with Gasteiger partial charge in [-0.3, -0.25) is 0 Å². The average molecular weight is 306 g/mol. The van der Waals surface area contributed by atoms with Gasteiger partial charge in [0.2, 0.25) is 0 Å². The molecular formula is C19H24F2O. The van der Waals surface area contributed by atoms with Crippen LogP contribution in [0.1, 0.15) is 62.8 Å². The molecule has 0 N–H and O–H groups in total. The van der Waals surface area contributed by atoms with Gasteiger partial charge < -0.3 is 4.79 Å². The molecule has 22 heavy (non-hydrogen) atoms. The predicted octanol–water partition coefficient (Wildman–Crippen LogP) is 5.24. The van der Waals surface area contributed by atoms with Crippen LogP contribution in [0.15, 0.2) is 18.2 Å². The summed E-state index contributed by atoms with van der Waals surface area (Å²) in [5.74, 6) is 1.10. The first-order valence-electron chi connectivity index (χ1n) is 8.56. The molecule has 2 aliphatic rings. The van der Waals surface area contributed by atoms with Crippen LogP contribution in [0.3, 0.4) is 0 Å². The zero-order valence-corrected chi connectivity index (χ0v) is 12.9. The third kappa shape index (κ3) is 3.39. The first-order chi connectivity index (χ1) is 10.7. The fourth-order valence-electron chi connectivity index (χ4n) is 4.62. The van der Waals surface area contributed by atoms with Crippen molar-refractivity contribution in [3.63, 3.8) is 0 Å². The van der Waals surface area contributed by atoms with Gasteiger partial charge in [0.1, 0.15) is 6.29 Å². The molecule has 0 aliphatic heterocycles. The van der Waals surface area contributed by atoms with Gasteiger partial charge in [-0.05, 0) is 79.9 Å². The van der Waals surface area contributed by atoms with Crippen molar-refractivity contribution < 1.29 is 13.6 Å². The number of aldehydes is 1. The van der Waals surface area contributed by atoms with E-state index in [2.05, 4.69) is 0 Å². The highest BCUT2D eigenvalue weighted by Crippen LogP contribution is 2.48. The molecule has 2 saturated carbocycles. The molecule has 0 bridgehead atoms. The van der Waals surface area contributed by atoms with E-state index in [1.54, 1.807) is 6.07 Å². The highest BCUT2D eigenvalue weighted by molar-refractivity contribution is 5.49. The van der Waals surface area contributed by atoms with Crippen LogP contribution in [0.25, 0.3) is 0 Å². The molecule has 0 amide bonds. The third-order valence-corrected chi connectivity index (χ3v) is 5.83. The van der Waals surface area contributed by atoms with Gasteiger partial charge >= 0.3 is 0 Å². The molecule has 0 heterocycles. The largest absolute Gasteiger partial charge is 0.303 e. The fraction of sp³-hybridized carbons (Fsp3) is 0.632. The van der Waals surface area contributed by atoms with E-state index in [4.69, 9.17) is 0 Å². The summed E-state index contributed by atoms with van der Waals surface area (Å²) < 4.78 is 26.5. The van der Waals surface area contributed by atoms with Crippen molar-refractivity contribution in [1.82, 2.24) is 0 Å². The van der Waals surface area contributed by atoms with Crippen molar-refractivity contribution in [2.75, 3.05) is 0 Å². The van der Waals surface area contributed by atoms with E-state index in [1.807, 2.05) is 0 Å². The summed E-state index contributed by atoms with van der Waals surface area (Å²) in [5, 5.41) is 0. The Morgan fingerprint density at radius 1 is 1.00 bits per heavy atom. The van der Waals surface area contributed by atoms with Gasteiger partial charge in [-0.25, -0.2) is 8.78 Å². The number of fused-ring (bicyclic) bond motifs is 1. The molecule has 1 aromatic rings. The van der Waals surface area contributed by atoms with Crippen LogP contribution in [-0.2, 0) is 4.79 Å². The number of carbonyl (C=O) groups excluding carboxylic acids is 1. The zero-order chi connectivity index (χ0) is 15.5. The molecule has 4 atom stereocenters. The topological polar surface area (TPSA) is 17.1 Å². The Bertz CT molecular complexity index is 528. The minimum absolute atomic E-state index is 0.378. The lowest BCUT2D eigenvalue weighted by Gasteiger charge is -2.42. The summed E-state index contributed by atoms with van der Waals surface area (Å²) >= 11 is 0. The fourth-order valence-corrected chi connectivity index (χ4v) is 4.62. The molecule has 2 fully saturated rings. The summed E-state index contributed by atoms with van der Waals surface area (Å²) in [6, 6.07) is 4.39. The van der Waals surface area contributed by atoms with Crippen molar-refractivity contribution in [2.45, 2.75) is 57.3 Å². The van der Waals surface area contributed by atoms with Gasteiger partial charge in [0, 0.05) is 6.42 Å². The second-order valence-electron chi connectivity index (χ2n) is 7.13. The Labute approximate surface area is 131 Å². The van der Waals surface area contributed by atoms with E-state index in [-0.39, 0.29) is 0 Å². The summed E-state index contributed by atoms with van der Waals surface area (Å²) in [7, 11) is 0. The first-order valence-corrected chi connectivity index (χ1v) is 8.56. The first kappa shape index (κ1) is 15.6. The van der Waals surface area contributed by atoms with Crippen LogP contribution in [0, 0.1) is 29.4 Å². The summed E-state index contributed by atoms with van der Waals surface area (Å²) in [4.78, 5) is 10.5. The molecule has 0 saturated heterocycles. The van der Waals surface area contributed by atoms with Crippen LogP contribution >= 0.6 is 0 Å². The second kappa shape index (κ2) is 6.89. The molecule has 1 aromatic carbocycles. The lowest BCUT2D eigenvalue weighted by Crippen LogP contribution is -2.30. The maximum absolute atomic E-state index is 13.4. The summed E-state index contributed by atoms with van der Waals surface area (Å²) in [5.41, 5.74) is 0.959. The van der Waals surface area contributed by atoms with Gasteiger partial charge in [-0.15, -0.1) is 0 Å². The zero-order valence-electron chi connectivity index (χ0n) is 12.9. The van der Waals surface area contributed by atoms with Crippen LogP contribution in [-0.4, -0.2) is 6.29 Å². The monoisotopic (exact) mass is 306 g/mol. The van der Waals surface area contributed by atoms with E-state index in [0.29, 0.717) is 18.3 Å². The maximum atomic E-state index is 13.4. The summed E-state index contributed by atoms with van der Waals surface area (Å²) in [6.45, 7) is 0. The predicted molar refractivity (Wildman–Crippen MR) is 82.6 cm³/mol. The number of halogens is 2. The van der Waals surface area contributed by atoms with E-state index < -0.39 is 11.6 Å². The van der Waals surface area contributed by atoms with Crippen molar-refractivity contribution >= 4 is 6.29 Å². The average Bonchev–Trinajstić information content (AvgIpc) is 2.55. The van der Waals surface area contributed by atoms with E-state index in [1.165, 1.54) is 37.8 Å². The number of rotatable bonds is 4. The Morgan fingerprint density at radius 2 is 1.77 bits per heavy atom. The lowest BCUT2D eigenvalue weighted by molar-refractivity contribution is -0.108. The Morgan fingerprint density at radius 3 is 2.55 bits per heavy atom. The molecule has 0 aromatic heterocycles. The maximum Gasteiger partial charge on any atom is 0.159 e. The number of carbonyl (C=O) groups is 1. The summed E-state index contributed by atoms with van der Waals surface area (Å²) in [6.07, 6.45) is 9.84. The molecule has 3 heteroatoms. The number of hydrogen-bond acceptors (Lipinski definition) is 1. The molecule has 120 valence electrons. The van der Waals surface area contributed by atoms with E-state index in [0.717, 1.165) is 42.9 Å². The minimum atomic E-state index is -0.756. The quantitative estimate of drug-likeness (QED) is 0.695. The van der Waals surface area contributed by atoms with Crippen LogP contribution in [0.5, 0.6) is 0 Å². The van der Waals surface area contributed by atoms with Crippen LogP contribution in [0.4, 0.5) is 8.78 Å². The molecular weight excluding hydrogens is 282 g/mol. The van der Waals surface area contributed by atoms with E-state index >= 15 is 0 Å². The molecule has 2 aliphatic carbocycles. The van der Waals surface area contributed by atoms with Crippen LogP contribution < -0.4 is 0 Å². The molecule has 1 nitrogen and oxygen atoms in total. The smallest absolute Gasteiger partial charge is 0.159 e. The van der Waals surface area contributed by atoms with Gasteiger partial charge in [0.15, 0.2) is 11.6 Å². The lowest BCUT2D eigenvalue weighted by atomic mass is 9.63. The third-order valence-electron chi connectivity index (χ3n) is 5.83. The van der Waals surface area contributed by atoms with Crippen molar-refractivity contribution in [1.29, 1.82) is 0 Å². The van der Waals surface area contributed by atoms with Gasteiger partial charge in [-0.1, -0.05) is 12.5 Å². The van der Waals surface area contributed by atoms with Gasteiger partial charge in [0.25, 0.3) is 0 Å². The second-order valence-corrected chi connectivity index (χ2v) is 7.13. The standard InChI is InChI=1S/C19H24F2O/c20-18-8-7-17(12-19(18)21)16-6-5-14-10-13(2-1-9-22)3-4-15(14)11-16/h7-9,12-16H,1-6,10-11H2.